The average molecular weight is 351 g/mol. The van der Waals surface area contributed by atoms with E-state index in [2.05, 4.69) is 0 Å². The number of carbonyl (C=O) groups is 1. The Morgan fingerprint density at radius 1 is 1.22 bits per heavy atom. The van der Waals surface area contributed by atoms with Gasteiger partial charge in [-0.2, -0.15) is 0 Å². The molecule has 0 spiro atoms. The van der Waals surface area contributed by atoms with E-state index in [4.69, 9.17) is 17.3 Å². The van der Waals surface area contributed by atoms with Crippen LogP contribution in [0, 0.1) is 0 Å². The van der Waals surface area contributed by atoms with Crippen LogP contribution in [0.1, 0.15) is 40.4 Å². The van der Waals surface area contributed by atoms with Crippen LogP contribution in [0.15, 0.2) is 48.5 Å². The molecule has 1 aliphatic rings. The zero-order valence-corrected chi connectivity index (χ0v) is 14.3. The predicted octanol–water partition coefficient (Wildman–Crippen LogP) is 4.20. The lowest BCUT2D eigenvalue weighted by Crippen LogP contribution is -2.30. The molecule has 23 heavy (non-hydrogen) atoms. The van der Waals surface area contributed by atoms with E-state index in [0.717, 1.165) is 30.5 Å². The lowest BCUT2D eigenvalue weighted by Gasteiger charge is -2.25. The minimum Gasteiger partial charge on any atom is -0.332 e. The Balaban J connectivity index is 0.00000192. The van der Waals surface area contributed by atoms with Gasteiger partial charge in [-0.3, -0.25) is 4.79 Å². The standard InChI is InChI=1S/C18H19ClN2O.ClH/c19-16-4-1-3-15(11-16)17-5-2-10-21(17)18(22)14-8-6-13(12-20)7-9-14;/h1,3-4,6-9,11,17H,2,5,10,12,20H2;1H. The molecule has 0 aromatic heterocycles. The monoisotopic (exact) mass is 350 g/mol. The maximum atomic E-state index is 12.8. The Morgan fingerprint density at radius 3 is 2.61 bits per heavy atom. The molecular formula is C18H20Cl2N2O. The van der Waals surface area contributed by atoms with Crippen LogP contribution in [0.25, 0.3) is 0 Å². The smallest absolute Gasteiger partial charge is 0.254 e. The maximum absolute atomic E-state index is 12.8. The first kappa shape index (κ1) is 17.8. The highest BCUT2D eigenvalue weighted by atomic mass is 35.5. The molecule has 1 saturated heterocycles. The topological polar surface area (TPSA) is 46.3 Å². The van der Waals surface area contributed by atoms with Crippen molar-refractivity contribution in [2.24, 2.45) is 5.73 Å². The van der Waals surface area contributed by atoms with Gasteiger partial charge in [-0.1, -0.05) is 35.9 Å². The van der Waals surface area contributed by atoms with Crippen molar-refractivity contribution in [3.63, 3.8) is 0 Å². The van der Waals surface area contributed by atoms with Gasteiger partial charge in [-0.25, -0.2) is 0 Å². The van der Waals surface area contributed by atoms with Gasteiger partial charge in [0.2, 0.25) is 0 Å². The van der Waals surface area contributed by atoms with Gasteiger partial charge in [0, 0.05) is 23.7 Å². The molecule has 0 saturated carbocycles. The van der Waals surface area contributed by atoms with Crippen molar-refractivity contribution < 1.29 is 4.79 Å². The molecule has 3 nitrogen and oxygen atoms in total. The van der Waals surface area contributed by atoms with E-state index in [1.807, 2.05) is 53.4 Å². The minimum atomic E-state index is 0. The summed E-state index contributed by atoms with van der Waals surface area (Å²) in [7, 11) is 0. The molecule has 2 N–H and O–H groups in total. The zero-order chi connectivity index (χ0) is 15.5. The SMILES string of the molecule is Cl.NCc1ccc(C(=O)N2CCCC2c2cccc(Cl)c2)cc1. The van der Waals surface area contributed by atoms with Gasteiger partial charge < -0.3 is 10.6 Å². The number of benzene rings is 2. The van der Waals surface area contributed by atoms with Crippen LogP contribution in [-0.4, -0.2) is 17.4 Å². The van der Waals surface area contributed by atoms with Gasteiger partial charge in [0.15, 0.2) is 0 Å². The van der Waals surface area contributed by atoms with E-state index in [1.54, 1.807) is 0 Å². The molecule has 5 heteroatoms. The summed E-state index contributed by atoms with van der Waals surface area (Å²) in [6.07, 6.45) is 2.00. The molecule has 1 atom stereocenters. The number of nitrogens with two attached hydrogens (primary N) is 1. The second-order valence-corrected chi connectivity index (χ2v) is 6.05. The maximum Gasteiger partial charge on any atom is 0.254 e. The summed E-state index contributed by atoms with van der Waals surface area (Å²) in [5.41, 5.74) is 8.46. The lowest BCUT2D eigenvalue weighted by atomic mass is 10.0. The van der Waals surface area contributed by atoms with Crippen molar-refractivity contribution in [1.29, 1.82) is 0 Å². The highest BCUT2D eigenvalue weighted by molar-refractivity contribution is 6.30. The molecular weight excluding hydrogens is 331 g/mol. The van der Waals surface area contributed by atoms with E-state index in [0.29, 0.717) is 17.1 Å². The normalized spacial score (nSPS) is 17.0. The van der Waals surface area contributed by atoms with Gasteiger partial charge in [-0.05, 0) is 48.2 Å². The van der Waals surface area contributed by atoms with Crippen LogP contribution in [0.4, 0.5) is 0 Å². The van der Waals surface area contributed by atoms with Crippen molar-refractivity contribution in [2.75, 3.05) is 6.54 Å². The van der Waals surface area contributed by atoms with Crippen molar-refractivity contribution in [3.05, 3.63) is 70.2 Å². The summed E-state index contributed by atoms with van der Waals surface area (Å²) in [4.78, 5) is 14.7. The number of nitrogens with zero attached hydrogens (tertiary/aromatic N) is 1. The molecule has 1 unspecified atom stereocenters. The Morgan fingerprint density at radius 2 is 1.96 bits per heavy atom. The fraction of sp³-hybridized carbons (Fsp3) is 0.278. The van der Waals surface area contributed by atoms with E-state index >= 15 is 0 Å². The fourth-order valence-corrected chi connectivity index (χ4v) is 3.22. The third-order valence-electron chi connectivity index (χ3n) is 4.18. The molecule has 1 fully saturated rings. The molecule has 0 aliphatic carbocycles. The highest BCUT2D eigenvalue weighted by Crippen LogP contribution is 2.34. The van der Waals surface area contributed by atoms with Crippen molar-refractivity contribution in [3.8, 4) is 0 Å². The second kappa shape index (κ2) is 7.82. The van der Waals surface area contributed by atoms with E-state index in [1.165, 1.54) is 0 Å². The van der Waals surface area contributed by atoms with Crippen molar-refractivity contribution >= 4 is 29.9 Å². The van der Waals surface area contributed by atoms with Crippen LogP contribution in [0.3, 0.4) is 0 Å². The van der Waals surface area contributed by atoms with Crippen LogP contribution < -0.4 is 5.73 Å². The van der Waals surface area contributed by atoms with Crippen molar-refractivity contribution in [1.82, 2.24) is 4.90 Å². The van der Waals surface area contributed by atoms with E-state index in [9.17, 15) is 4.79 Å². The summed E-state index contributed by atoms with van der Waals surface area (Å²) >= 11 is 6.09. The largest absolute Gasteiger partial charge is 0.332 e. The van der Waals surface area contributed by atoms with Crippen LogP contribution in [0.5, 0.6) is 0 Å². The van der Waals surface area contributed by atoms with Gasteiger partial charge in [0.05, 0.1) is 6.04 Å². The third kappa shape index (κ3) is 3.86. The summed E-state index contributed by atoms with van der Waals surface area (Å²) in [6.45, 7) is 1.28. The highest BCUT2D eigenvalue weighted by Gasteiger charge is 2.30. The summed E-state index contributed by atoms with van der Waals surface area (Å²) in [5, 5.41) is 0.712. The summed E-state index contributed by atoms with van der Waals surface area (Å²) < 4.78 is 0. The molecule has 0 radical (unpaired) electrons. The number of carbonyl (C=O) groups excluding carboxylic acids is 1. The van der Waals surface area contributed by atoms with Crippen LogP contribution in [-0.2, 0) is 6.54 Å². The average Bonchev–Trinajstić information content (AvgIpc) is 3.04. The number of likely N-dealkylation sites (tertiary alicyclic amines) is 1. The Kier molecular flexibility index (Phi) is 6.05. The molecule has 122 valence electrons. The molecule has 2 aromatic carbocycles. The van der Waals surface area contributed by atoms with Gasteiger partial charge in [0.1, 0.15) is 0 Å². The van der Waals surface area contributed by atoms with Gasteiger partial charge in [0.25, 0.3) is 5.91 Å². The first-order valence-corrected chi connectivity index (χ1v) is 7.92. The summed E-state index contributed by atoms with van der Waals surface area (Å²) in [5.74, 6) is 0.0750. The second-order valence-electron chi connectivity index (χ2n) is 5.61. The first-order chi connectivity index (χ1) is 10.7. The van der Waals surface area contributed by atoms with Gasteiger partial charge >= 0.3 is 0 Å². The van der Waals surface area contributed by atoms with Crippen LogP contribution in [0.2, 0.25) is 5.02 Å². The van der Waals surface area contributed by atoms with Crippen molar-refractivity contribution in [2.45, 2.75) is 25.4 Å². The molecule has 1 aliphatic heterocycles. The molecule has 1 amide bonds. The molecule has 2 aromatic rings. The number of hydrogen-bond acceptors (Lipinski definition) is 2. The first-order valence-electron chi connectivity index (χ1n) is 7.54. The Hall–Kier alpha value is -1.55. The molecule has 3 rings (SSSR count). The third-order valence-corrected chi connectivity index (χ3v) is 4.42. The fourth-order valence-electron chi connectivity index (χ4n) is 3.02. The zero-order valence-electron chi connectivity index (χ0n) is 12.7. The predicted molar refractivity (Wildman–Crippen MR) is 96.0 cm³/mol. The number of amides is 1. The Bertz CT molecular complexity index is 673. The molecule has 1 heterocycles. The Labute approximate surface area is 147 Å². The molecule has 0 bridgehead atoms. The number of rotatable bonds is 3. The minimum absolute atomic E-state index is 0. The lowest BCUT2D eigenvalue weighted by molar-refractivity contribution is 0.0735. The quantitative estimate of drug-likeness (QED) is 0.901. The van der Waals surface area contributed by atoms with E-state index < -0.39 is 0 Å². The summed E-state index contributed by atoms with van der Waals surface area (Å²) in [6, 6.07) is 15.5. The number of hydrogen-bond donors (Lipinski definition) is 1. The van der Waals surface area contributed by atoms with Gasteiger partial charge in [-0.15, -0.1) is 12.4 Å². The van der Waals surface area contributed by atoms with E-state index in [-0.39, 0.29) is 24.4 Å². The number of halogens is 2. The van der Waals surface area contributed by atoms with Crippen LogP contribution >= 0.6 is 24.0 Å².